The molecule has 0 spiro atoms. The van der Waals surface area contributed by atoms with E-state index in [1.807, 2.05) is 0 Å². The van der Waals surface area contributed by atoms with Gasteiger partial charge in [0.1, 0.15) is 0 Å². The second-order valence-corrected chi connectivity index (χ2v) is 6.45. The summed E-state index contributed by atoms with van der Waals surface area (Å²) < 4.78 is 29.8. The van der Waals surface area contributed by atoms with Crippen molar-refractivity contribution in [3.05, 3.63) is 59.7 Å². The van der Waals surface area contributed by atoms with Crippen molar-refractivity contribution in [1.29, 1.82) is 0 Å². The third-order valence-corrected chi connectivity index (χ3v) is 3.25. The number of hydrogen-bond donors (Lipinski definition) is 3. The molecule has 0 amide bonds. The average molecular weight is 468 g/mol. The van der Waals surface area contributed by atoms with E-state index in [0.29, 0.717) is 11.3 Å². The number of carbonyl (C=O) groups excluding carboxylic acids is 1. The maximum absolute atomic E-state index is 12.4. The summed E-state index contributed by atoms with van der Waals surface area (Å²) >= 11 is 2.99. The van der Waals surface area contributed by atoms with E-state index in [9.17, 15) is 13.2 Å². The summed E-state index contributed by atoms with van der Waals surface area (Å²) in [5.41, 5.74) is 1.25. The molecule has 158 valence electrons. The van der Waals surface area contributed by atoms with Crippen LogP contribution in [-0.2, 0) is 24.7 Å². The SMILES string of the molecule is CN(C)N=Nc1ccc(C(=O)c2cc[c-]c(OS(N)(=O)=O)c2)cc1.OOOOS.[Na+]. The van der Waals surface area contributed by atoms with Crippen LogP contribution in [-0.4, -0.2) is 38.6 Å². The molecule has 0 unspecified atom stereocenters. The Balaban J connectivity index is 0.00000125. The molecule has 2 aromatic carbocycles. The molecule has 0 heterocycles. The fraction of sp³-hybridized carbons (Fsp3) is 0.133. The van der Waals surface area contributed by atoms with Crippen LogP contribution in [0, 0.1) is 6.07 Å². The zero-order valence-electron chi connectivity index (χ0n) is 16.1. The number of ketones is 1. The van der Waals surface area contributed by atoms with Crippen LogP contribution in [0.5, 0.6) is 5.75 Å². The average Bonchev–Trinajstić information content (AvgIpc) is 2.66. The van der Waals surface area contributed by atoms with E-state index in [2.05, 4.69) is 47.9 Å². The van der Waals surface area contributed by atoms with E-state index in [0.717, 1.165) is 0 Å². The molecule has 0 aliphatic carbocycles. The molecule has 0 fully saturated rings. The fourth-order valence-electron chi connectivity index (χ4n) is 1.76. The number of rotatable bonds is 8. The number of hydrogen-bond acceptors (Lipinski definition) is 11. The fourth-order valence-corrected chi connectivity index (χ4v) is 2.13. The smallest absolute Gasteiger partial charge is 0.398 e. The van der Waals surface area contributed by atoms with E-state index in [1.54, 1.807) is 43.4 Å². The third kappa shape index (κ3) is 11.6. The molecular weight excluding hydrogens is 451 g/mol. The second kappa shape index (κ2) is 14.4. The minimum Gasteiger partial charge on any atom is -0.398 e. The molecule has 15 heteroatoms. The van der Waals surface area contributed by atoms with Crippen LogP contribution in [0.2, 0.25) is 0 Å². The first-order valence-electron chi connectivity index (χ1n) is 7.42. The van der Waals surface area contributed by atoms with Crippen molar-refractivity contribution < 1.29 is 66.6 Å². The number of thiol groups is 1. The van der Waals surface area contributed by atoms with Crippen molar-refractivity contribution in [2.45, 2.75) is 0 Å². The molecule has 12 nitrogen and oxygen atoms in total. The van der Waals surface area contributed by atoms with Gasteiger partial charge in [-0.05, 0) is 34.3 Å². The molecule has 30 heavy (non-hydrogen) atoms. The van der Waals surface area contributed by atoms with Gasteiger partial charge in [-0.3, -0.25) is 9.80 Å². The van der Waals surface area contributed by atoms with Crippen molar-refractivity contribution in [2.24, 2.45) is 15.5 Å². The van der Waals surface area contributed by atoms with Gasteiger partial charge in [0.15, 0.2) is 5.78 Å². The standard InChI is InChI=1S/C15H15N4O4S.Na.H2O4S/c1-19(2)18-17-13-8-6-11(7-9-13)15(20)12-4-3-5-14(10-12)23-24(16,21)22;;1-2-3-4-5/h3-4,6-10H,1-2H3,(H2,16,21,22);;1,5H/q-1;+1;. The molecule has 0 aliphatic rings. The van der Waals surface area contributed by atoms with Crippen LogP contribution >= 0.6 is 12.9 Å². The predicted octanol–water partition coefficient (Wildman–Crippen LogP) is -0.952. The summed E-state index contributed by atoms with van der Waals surface area (Å²) in [6.45, 7) is 0. The first-order chi connectivity index (χ1) is 13.7. The van der Waals surface area contributed by atoms with Gasteiger partial charge in [-0.1, -0.05) is 10.8 Å². The van der Waals surface area contributed by atoms with Crippen LogP contribution in [0.15, 0.2) is 52.8 Å². The Morgan fingerprint density at radius 1 is 1.20 bits per heavy atom. The van der Waals surface area contributed by atoms with Crippen molar-refractivity contribution >= 4 is 34.7 Å². The molecule has 0 atom stereocenters. The quantitative estimate of drug-likeness (QED) is 0.0648. The van der Waals surface area contributed by atoms with E-state index in [-0.39, 0.29) is 46.7 Å². The topological polar surface area (TPSA) is 162 Å². The monoisotopic (exact) mass is 468 g/mol. The van der Waals surface area contributed by atoms with E-state index >= 15 is 0 Å². The van der Waals surface area contributed by atoms with Gasteiger partial charge < -0.3 is 4.18 Å². The van der Waals surface area contributed by atoms with Crippen molar-refractivity contribution in [3.8, 4) is 5.75 Å². The van der Waals surface area contributed by atoms with Gasteiger partial charge in [0, 0.05) is 38.3 Å². The van der Waals surface area contributed by atoms with Crippen LogP contribution in [0.4, 0.5) is 5.69 Å². The van der Waals surface area contributed by atoms with Crippen LogP contribution < -0.4 is 38.9 Å². The summed E-state index contributed by atoms with van der Waals surface area (Å²) in [6, 6.07) is 13.2. The Labute approximate surface area is 200 Å². The molecule has 0 bridgehead atoms. The molecule has 2 aromatic rings. The van der Waals surface area contributed by atoms with E-state index in [1.165, 1.54) is 18.2 Å². The van der Waals surface area contributed by atoms with Gasteiger partial charge >= 0.3 is 39.9 Å². The van der Waals surface area contributed by atoms with Crippen molar-refractivity contribution in [1.82, 2.24) is 5.01 Å². The van der Waals surface area contributed by atoms with Gasteiger partial charge in [0.05, 0.1) is 5.69 Å². The Morgan fingerprint density at radius 3 is 2.30 bits per heavy atom. The zero-order valence-corrected chi connectivity index (χ0v) is 19.8. The number of nitrogens with zero attached hydrogens (tertiary/aromatic N) is 3. The molecule has 0 aromatic heterocycles. The number of carbonyl (C=O) groups is 1. The summed E-state index contributed by atoms with van der Waals surface area (Å²) in [5, 5.41) is 27.5. The van der Waals surface area contributed by atoms with Crippen LogP contribution in [0.1, 0.15) is 15.9 Å². The summed E-state index contributed by atoms with van der Waals surface area (Å²) in [6.07, 6.45) is 0. The van der Waals surface area contributed by atoms with E-state index in [4.69, 9.17) is 10.4 Å². The molecule has 3 N–H and O–H groups in total. The largest absolute Gasteiger partial charge is 1.00 e. The first kappa shape index (κ1) is 28.4. The molecule has 0 saturated heterocycles. The molecule has 0 aliphatic heterocycles. The van der Waals surface area contributed by atoms with Gasteiger partial charge in [0.2, 0.25) is 0 Å². The van der Waals surface area contributed by atoms with Gasteiger partial charge in [-0.15, -0.1) is 21.6 Å². The summed E-state index contributed by atoms with van der Waals surface area (Å²) in [4.78, 5) is 12.4. The Morgan fingerprint density at radius 2 is 1.83 bits per heavy atom. The molecule has 2 rings (SSSR count). The Bertz CT molecular complexity index is 924. The second-order valence-electron chi connectivity index (χ2n) is 5.15. The Hall–Kier alpha value is -1.59. The van der Waals surface area contributed by atoms with Crippen molar-refractivity contribution in [2.75, 3.05) is 14.1 Å². The Kier molecular flexibility index (Phi) is 13.7. The normalized spacial score (nSPS) is 10.6. The molecular formula is C15H17N4NaO8S2. The van der Waals surface area contributed by atoms with Crippen molar-refractivity contribution in [3.63, 3.8) is 0 Å². The number of nitrogens with two attached hydrogens (primary N) is 1. The molecule has 0 radical (unpaired) electrons. The van der Waals surface area contributed by atoms with E-state index < -0.39 is 10.3 Å². The predicted molar refractivity (Wildman–Crippen MR) is 102 cm³/mol. The number of benzene rings is 2. The van der Waals surface area contributed by atoms with Crippen LogP contribution in [0.3, 0.4) is 0 Å². The van der Waals surface area contributed by atoms with Gasteiger partial charge in [-0.2, -0.15) is 25.7 Å². The first-order valence-corrected chi connectivity index (χ1v) is 9.26. The van der Waals surface area contributed by atoms with Gasteiger partial charge in [0.25, 0.3) is 0 Å². The van der Waals surface area contributed by atoms with Crippen LogP contribution in [0.25, 0.3) is 0 Å². The maximum atomic E-state index is 12.4. The molecule has 0 saturated carbocycles. The van der Waals surface area contributed by atoms with Gasteiger partial charge in [-0.25, -0.2) is 5.26 Å². The third-order valence-electron chi connectivity index (χ3n) is 2.77. The summed E-state index contributed by atoms with van der Waals surface area (Å²) in [5.74, 6) is -0.459. The minimum atomic E-state index is -4.17. The minimum absolute atomic E-state index is 0. The maximum Gasteiger partial charge on any atom is 1.00 e. The summed E-state index contributed by atoms with van der Waals surface area (Å²) in [7, 11) is -0.683. The zero-order chi connectivity index (χ0) is 21.9.